The van der Waals surface area contributed by atoms with Crippen molar-refractivity contribution in [3.8, 4) is 11.5 Å². The highest BCUT2D eigenvalue weighted by molar-refractivity contribution is 6.14. The van der Waals surface area contributed by atoms with Crippen LogP contribution in [0.4, 0.5) is 0 Å². The fourth-order valence-electron chi connectivity index (χ4n) is 3.13. The summed E-state index contributed by atoms with van der Waals surface area (Å²) >= 11 is 0. The molecule has 0 aliphatic carbocycles. The second-order valence-electron chi connectivity index (χ2n) is 5.73. The Morgan fingerprint density at radius 1 is 1.08 bits per heavy atom. The minimum atomic E-state index is -0.248. The summed E-state index contributed by atoms with van der Waals surface area (Å²) in [5.41, 5.74) is 5.06. The first kappa shape index (κ1) is 17.2. The summed E-state index contributed by atoms with van der Waals surface area (Å²) < 4.78 is 10.7. The van der Waals surface area contributed by atoms with Gasteiger partial charge in [0.1, 0.15) is 0 Å². The molecule has 0 fully saturated rings. The fraction of sp³-hybridized carbons (Fsp3) is 0.333. The third-order valence-electron chi connectivity index (χ3n) is 4.37. The maximum atomic E-state index is 11.4. The van der Waals surface area contributed by atoms with E-state index >= 15 is 0 Å². The standard InChI is InChI=1S/C18H20N2O5/c1-24-15-6-10-5-11(8-21)13(9-22)18(12(10)7-16(15)25-2)14-3-4-17(23)20-19-14/h5-7,21-22H,3-4,8-9H2,1-2H3,(H,20,23). The van der Waals surface area contributed by atoms with Gasteiger partial charge in [-0.2, -0.15) is 5.10 Å². The van der Waals surface area contributed by atoms with Gasteiger partial charge in [-0.25, -0.2) is 5.43 Å². The minimum Gasteiger partial charge on any atom is -0.493 e. The van der Waals surface area contributed by atoms with E-state index in [0.29, 0.717) is 46.7 Å². The predicted octanol–water partition coefficient (Wildman–Crippen LogP) is 1.46. The predicted molar refractivity (Wildman–Crippen MR) is 92.8 cm³/mol. The summed E-state index contributed by atoms with van der Waals surface area (Å²) in [6, 6.07) is 5.46. The second kappa shape index (κ2) is 7.08. The van der Waals surface area contributed by atoms with E-state index in [1.165, 1.54) is 0 Å². The van der Waals surface area contributed by atoms with Crippen LogP contribution in [0.25, 0.3) is 10.8 Å². The summed E-state index contributed by atoms with van der Waals surface area (Å²) in [4.78, 5) is 11.4. The smallest absolute Gasteiger partial charge is 0.240 e. The monoisotopic (exact) mass is 344 g/mol. The molecule has 0 bridgehead atoms. The summed E-state index contributed by atoms with van der Waals surface area (Å²) in [7, 11) is 3.11. The van der Waals surface area contributed by atoms with E-state index in [-0.39, 0.29) is 19.1 Å². The highest BCUT2D eigenvalue weighted by atomic mass is 16.5. The largest absolute Gasteiger partial charge is 0.493 e. The van der Waals surface area contributed by atoms with Crippen LogP contribution in [0.2, 0.25) is 0 Å². The molecular formula is C18H20N2O5. The van der Waals surface area contributed by atoms with Gasteiger partial charge in [-0.3, -0.25) is 4.79 Å². The number of carbonyl (C=O) groups excluding carboxylic acids is 1. The molecule has 0 aromatic heterocycles. The molecule has 3 N–H and O–H groups in total. The zero-order chi connectivity index (χ0) is 18.0. The van der Waals surface area contributed by atoms with Crippen LogP contribution in [0.5, 0.6) is 11.5 Å². The normalized spacial score (nSPS) is 14.2. The van der Waals surface area contributed by atoms with Crippen LogP contribution in [0.3, 0.4) is 0 Å². The highest BCUT2D eigenvalue weighted by Crippen LogP contribution is 2.37. The van der Waals surface area contributed by atoms with E-state index in [9.17, 15) is 15.0 Å². The van der Waals surface area contributed by atoms with Gasteiger partial charge in [0.05, 0.1) is 33.1 Å². The number of aliphatic hydroxyl groups excluding tert-OH is 2. The molecule has 7 nitrogen and oxygen atoms in total. The lowest BCUT2D eigenvalue weighted by Gasteiger charge is -2.20. The van der Waals surface area contributed by atoms with Crippen LogP contribution in [0.15, 0.2) is 23.3 Å². The highest BCUT2D eigenvalue weighted by Gasteiger charge is 2.22. The molecule has 1 heterocycles. The second-order valence-corrected chi connectivity index (χ2v) is 5.73. The number of hydrazone groups is 1. The van der Waals surface area contributed by atoms with Gasteiger partial charge in [0.15, 0.2) is 11.5 Å². The number of rotatable bonds is 5. The minimum absolute atomic E-state index is 0.142. The third kappa shape index (κ3) is 3.04. The van der Waals surface area contributed by atoms with Gasteiger partial charge >= 0.3 is 0 Å². The van der Waals surface area contributed by atoms with Crippen molar-refractivity contribution in [2.45, 2.75) is 26.1 Å². The number of methoxy groups -OCH3 is 2. The van der Waals surface area contributed by atoms with Gasteiger partial charge in [-0.05, 0) is 40.1 Å². The molecule has 1 amide bonds. The number of hydrogen-bond donors (Lipinski definition) is 3. The number of fused-ring (bicyclic) bond motifs is 1. The van der Waals surface area contributed by atoms with Crippen LogP contribution in [-0.4, -0.2) is 36.1 Å². The van der Waals surface area contributed by atoms with E-state index in [0.717, 1.165) is 10.8 Å². The SMILES string of the molecule is COc1cc2cc(CO)c(CO)c(C3=NNC(=O)CC3)c2cc1OC. The molecule has 0 radical (unpaired) electrons. The Morgan fingerprint density at radius 3 is 2.36 bits per heavy atom. The lowest BCUT2D eigenvalue weighted by molar-refractivity contribution is -0.121. The average molecular weight is 344 g/mol. The van der Waals surface area contributed by atoms with Crippen molar-refractivity contribution in [2.24, 2.45) is 5.10 Å². The van der Waals surface area contributed by atoms with Crippen molar-refractivity contribution in [1.29, 1.82) is 0 Å². The van der Waals surface area contributed by atoms with Gasteiger partial charge in [0, 0.05) is 18.4 Å². The maximum Gasteiger partial charge on any atom is 0.240 e. The molecule has 3 rings (SSSR count). The molecule has 0 spiro atoms. The number of amides is 1. The van der Waals surface area contributed by atoms with E-state index in [1.807, 2.05) is 18.2 Å². The molecule has 0 saturated heterocycles. The molecule has 7 heteroatoms. The van der Waals surface area contributed by atoms with E-state index < -0.39 is 0 Å². The number of carbonyl (C=O) groups is 1. The van der Waals surface area contributed by atoms with Crippen LogP contribution < -0.4 is 14.9 Å². The van der Waals surface area contributed by atoms with Gasteiger partial charge in [0.2, 0.25) is 5.91 Å². The lowest BCUT2D eigenvalue weighted by atomic mass is 9.89. The first-order chi connectivity index (χ1) is 12.1. The third-order valence-corrected chi connectivity index (χ3v) is 4.37. The average Bonchev–Trinajstić information content (AvgIpc) is 2.65. The fourth-order valence-corrected chi connectivity index (χ4v) is 3.13. The van der Waals surface area contributed by atoms with Gasteiger partial charge in [0.25, 0.3) is 0 Å². The number of hydrogen-bond acceptors (Lipinski definition) is 6. The zero-order valence-corrected chi connectivity index (χ0v) is 14.1. The molecular weight excluding hydrogens is 324 g/mol. The Labute approximate surface area is 144 Å². The zero-order valence-electron chi connectivity index (χ0n) is 14.1. The van der Waals surface area contributed by atoms with Crippen molar-refractivity contribution in [3.63, 3.8) is 0 Å². The molecule has 25 heavy (non-hydrogen) atoms. The van der Waals surface area contributed by atoms with E-state index in [1.54, 1.807) is 14.2 Å². The maximum absolute atomic E-state index is 11.4. The van der Waals surface area contributed by atoms with E-state index in [4.69, 9.17) is 9.47 Å². The topological polar surface area (TPSA) is 100 Å². The molecule has 1 aliphatic rings. The summed E-state index contributed by atoms with van der Waals surface area (Å²) in [6.45, 7) is -0.463. The Kier molecular flexibility index (Phi) is 4.87. The van der Waals surface area contributed by atoms with Crippen molar-refractivity contribution in [2.75, 3.05) is 14.2 Å². The summed E-state index contributed by atoms with van der Waals surface area (Å²) in [5, 5.41) is 25.4. The van der Waals surface area contributed by atoms with Crippen LogP contribution >= 0.6 is 0 Å². The van der Waals surface area contributed by atoms with Crippen molar-refractivity contribution >= 4 is 22.4 Å². The number of aliphatic hydroxyl groups is 2. The molecule has 1 aliphatic heterocycles. The first-order valence-corrected chi connectivity index (χ1v) is 7.90. The molecule has 2 aromatic carbocycles. The summed E-state index contributed by atoms with van der Waals surface area (Å²) in [6.07, 6.45) is 0.777. The number of nitrogens with zero attached hydrogens (tertiary/aromatic N) is 1. The van der Waals surface area contributed by atoms with Crippen LogP contribution in [-0.2, 0) is 18.0 Å². The van der Waals surface area contributed by atoms with Crippen molar-refractivity contribution in [1.82, 2.24) is 5.43 Å². The Hall–Kier alpha value is -2.64. The molecule has 2 aromatic rings. The number of ether oxygens (including phenoxy) is 2. The molecule has 0 atom stereocenters. The first-order valence-electron chi connectivity index (χ1n) is 7.90. The lowest BCUT2D eigenvalue weighted by Crippen LogP contribution is -2.27. The quantitative estimate of drug-likeness (QED) is 0.762. The molecule has 132 valence electrons. The van der Waals surface area contributed by atoms with Crippen molar-refractivity contribution in [3.05, 3.63) is 34.9 Å². The number of nitrogens with one attached hydrogen (secondary N) is 1. The Morgan fingerprint density at radius 2 is 1.80 bits per heavy atom. The van der Waals surface area contributed by atoms with E-state index in [2.05, 4.69) is 10.5 Å². The van der Waals surface area contributed by atoms with Crippen LogP contribution in [0.1, 0.15) is 29.5 Å². The Bertz CT molecular complexity index is 855. The van der Waals surface area contributed by atoms with Gasteiger partial charge < -0.3 is 19.7 Å². The summed E-state index contributed by atoms with van der Waals surface area (Å²) in [5.74, 6) is 0.981. The van der Waals surface area contributed by atoms with Crippen LogP contribution in [0, 0.1) is 0 Å². The van der Waals surface area contributed by atoms with Gasteiger partial charge in [-0.1, -0.05) is 0 Å². The number of benzene rings is 2. The molecule has 0 unspecified atom stereocenters. The van der Waals surface area contributed by atoms with Gasteiger partial charge in [-0.15, -0.1) is 0 Å². The Balaban J connectivity index is 2.35. The molecule has 0 saturated carbocycles. The van der Waals surface area contributed by atoms with Crippen molar-refractivity contribution < 1.29 is 24.5 Å².